The topological polar surface area (TPSA) is 53.9 Å². The van der Waals surface area contributed by atoms with Gasteiger partial charge in [-0.2, -0.15) is 0 Å². The van der Waals surface area contributed by atoms with E-state index in [0.29, 0.717) is 0 Å². The molecule has 1 aromatic carbocycles. The Morgan fingerprint density at radius 2 is 1.92 bits per heavy atom. The Labute approximate surface area is 166 Å². The molecule has 136 valence electrons. The molecule has 5 nitrogen and oxygen atoms in total. The van der Waals surface area contributed by atoms with Crippen molar-refractivity contribution in [1.82, 2.24) is 15.2 Å². The van der Waals surface area contributed by atoms with Gasteiger partial charge in [0, 0.05) is 42.9 Å². The van der Waals surface area contributed by atoms with E-state index in [2.05, 4.69) is 25.8 Å². The van der Waals surface area contributed by atoms with Crippen molar-refractivity contribution in [2.24, 2.45) is 0 Å². The number of thiazole rings is 1. The van der Waals surface area contributed by atoms with Gasteiger partial charge in [-0.15, -0.1) is 21.5 Å². The second-order valence-corrected chi connectivity index (χ2v) is 8.63. The van der Waals surface area contributed by atoms with Crippen LogP contribution in [0.15, 0.2) is 29.6 Å². The number of anilines is 2. The lowest BCUT2D eigenvalue weighted by atomic mass is 10.2. The molecule has 4 rings (SSSR count). The average Bonchev–Trinajstić information content (AvgIpc) is 3.38. The van der Waals surface area contributed by atoms with Crippen molar-refractivity contribution in [3.63, 3.8) is 0 Å². The molecule has 1 N–H and O–H groups in total. The van der Waals surface area contributed by atoms with Gasteiger partial charge in [0.05, 0.1) is 5.69 Å². The summed E-state index contributed by atoms with van der Waals surface area (Å²) in [7, 11) is 0. The largest absolute Gasteiger partial charge is 0.360 e. The highest BCUT2D eigenvalue weighted by atomic mass is 35.5. The Bertz CT molecular complexity index is 839. The van der Waals surface area contributed by atoms with E-state index in [-0.39, 0.29) is 0 Å². The number of benzene rings is 1. The van der Waals surface area contributed by atoms with Crippen LogP contribution >= 0.6 is 34.3 Å². The van der Waals surface area contributed by atoms with Gasteiger partial charge in [-0.05, 0) is 30.5 Å². The van der Waals surface area contributed by atoms with Crippen molar-refractivity contribution in [1.29, 1.82) is 0 Å². The molecule has 0 radical (unpaired) electrons. The summed E-state index contributed by atoms with van der Waals surface area (Å²) in [5, 5.41) is 17.8. The molecule has 0 unspecified atom stereocenters. The van der Waals surface area contributed by atoms with Gasteiger partial charge in [0.1, 0.15) is 5.01 Å². The number of aromatic nitrogens is 3. The van der Waals surface area contributed by atoms with Crippen LogP contribution in [0.2, 0.25) is 5.02 Å². The highest BCUT2D eigenvalue weighted by Crippen LogP contribution is 2.25. The molecule has 1 aliphatic rings. The Morgan fingerprint density at radius 3 is 2.73 bits per heavy atom. The van der Waals surface area contributed by atoms with Crippen LogP contribution < -0.4 is 10.2 Å². The third kappa shape index (κ3) is 4.52. The highest BCUT2D eigenvalue weighted by Gasteiger charge is 2.15. The van der Waals surface area contributed by atoms with Crippen molar-refractivity contribution < 1.29 is 0 Å². The summed E-state index contributed by atoms with van der Waals surface area (Å²) < 4.78 is 0. The number of nitrogens with zero attached hydrogens (tertiary/aromatic N) is 4. The zero-order valence-corrected chi connectivity index (χ0v) is 16.7. The first-order valence-corrected chi connectivity index (χ1v) is 10.8. The van der Waals surface area contributed by atoms with Crippen molar-refractivity contribution in [2.45, 2.75) is 25.7 Å². The van der Waals surface area contributed by atoms with Gasteiger partial charge in [-0.1, -0.05) is 35.1 Å². The van der Waals surface area contributed by atoms with E-state index in [0.717, 1.165) is 53.3 Å². The predicted octanol–water partition coefficient (Wildman–Crippen LogP) is 4.49. The fourth-order valence-corrected chi connectivity index (χ4v) is 4.77. The SMILES string of the molecule is Clc1ccc(Cc2nnc(NCCc3csc(N4CCCC4)n3)s2)cc1. The zero-order chi connectivity index (χ0) is 17.8. The molecule has 0 amide bonds. The van der Waals surface area contributed by atoms with Crippen molar-refractivity contribution >= 4 is 44.5 Å². The van der Waals surface area contributed by atoms with E-state index < -0.39 is 0 Å². The summed E-state index contributed by atoms with van der Waals surface area (Å²) in [5.74, 6) is 0. The normalized spacial score (nSPS) is 14.1. The lowest BCUT2D eigenvalue weighted by Crippen LogP contribution is -2.17. The maximum atomic E-state index is 5.92. The standard InChI is InChI=1S/C18H20ClN5S2/c19-14-5-3-13(4-6-14)11-16-22-23-17(26-16)20-8-7-15-12-25-18(21-15)24-9-1-2-10-24/h3-6,12H,1-2,7-11H2,(H,20,23). The summed E-state index contributed by atoms with van der Waals surface area (Å²) in [6, 6.07) is 7.86. The lowest BCUT2D eigenvalue weighted by molar-refractivity contribution is 0.921. The first-order chi connectivity index (χ1) is 12.8. The van der Waals surface area contributed by atoms with Gasteiger partial charge in [0.25, 0.3) is 0 Å². The van der Waals surface area contributed by atoms with Crippen LogP contribution in [0.1, 0.15) is 29.1 Å². The molecule has 8 heteroatoms. The van der Waals surface area contributed by atoms with E-state index in [9.17, 15) is 0 Å². The smallest absolute Gasteiger partial charge is 0.205 e. The molecule has 0 spiro atoms. The van der Waals surface area contributed by atoms with Crippen LogP contribution in [0.3, 0.4) is 0 Å². The fourth-order valence-electron chi connectivity index (χ4n) is 2.94. The number of rotatable bonds is 7. The molecular formula is C18H20ClN5S2. The number of nitrogens with one attached hydrogen (secondary N) is 1. The zero-order valence-electron chi connectivity index (χ0n) is 14.3. The maximum absolute atomic E-state index is 5.92. The van der Waals surface area contributed by atoms with E-state index in [1.807, 2.05) is 24.3 Å². The van der Waals surface area contributed by atoms with Gasteiger partial charge in [-0.3, -0.25) is 0 Å². The molecule has 3 aromatic rings. The minimum atomic E-state index is 0.753. The summed E-state index contributed by atoms with van der Waals surface area (Å²) in [5.41, 5.74) is 2.34. The van der Waals surface area contributed by atoms with Gasteiger partial charge in [-0.25, -0.2) is 4.98 Å². The van der Waals surface area contributed by atoms with Gasteiger partial charge >= 0.3 is 0 Å². The Kier molecular flexibility index (Phi) is 5.67. The minimum absolute atomic E-state index is 0.753. The van der Waals surface area contributed by atoms with Crippen molar-refractivity contribution in [2.75, 3.05) is 29.9 Å². The van der Waals surface area contributed by atoms with Gasteiger partial charge < -0.3 is 10.2 Å². The number of halogens is 1. The Balaban J connectivity index is 1.26. The Morgan fingerprint density at radius 1 is 1.12 bits per heavy atom. The summed E-state index contributed by atoms with van der Waals surface area (Å²) in [6.45, 7) is 3.11. The predicted molar refractivity (Wildman–Crippen MR) is 110 cm³/mol. The number of hydrogen-bond acceptors (Lipinski definition) is 7. The fraction of sp³-hybridized carbons (Fsp3) is 0.389. The number of hydrogen-bond donors (Lipinski definition) is 1. The molecule has 26 heavy (non-hydrogen) atoms. The molecule has 0 saturated carbocycles. The van der Waals surface area contributed by atoms with E-state index >= 15 is 0 Å². The first kappa shape index (κ1) is 17.7. The third-order valence-corrected chi connectivity index (χ3v) is 6.39. The van der Waals surface area contributed by atoms with Crippen LogP contribution in [0.4, 0.5) is 10.3 Å². The molecule has 1 fully saturated rings. The lowest BCUT2D eigenvalue weighted by Gasteiger charge is -2.12. The second kappa shape index (κ2) is 8.33. The molecule has 1 aliphatic heterocycles. The van der Waals surface area contributed by atoms with Gasteiger partial charge in [0.2, 0.25) is 5.13 Å². The maximum Gasteiger partial charge on any atom is 0.205 e. The third-order valence-electron chi connectivity index (χ3n) is 4.31. The summed E-state index contributed by atoms with van der Waals surface area (Å²) in [6.07, 6.45) is 4.25. The van der Waals surface area contributed by atoms with Crippen LogP contribution in [-0.4, -0.2) is 34.8 Å². The monoisotopic (exact) mass is 405 g/mol. The minimum Gasteiger partial charge on any atom is -0.360 e. The van der Waals surface area contributed by atoms with E-state index in [1.165, 1.54) is 23.5 Å². The van der Waals surface area contributed by atoms with Crippen LogP contribution in [-0.2, 0) is 12.8 Å². The van der Waals surface area contributed by atoms with E-state index in [4.69, 9.17) is 16.6 Å². The van der Waals surface area contributed by atoms with Crippen LogP contribution in [0.25, 0.3) is 0 Å². The van der Waals surface area contributed by atoms with Gasteiger partial charge in [0.15, 0.2) is 5.13 Å². The summed E-state index contributed by atoms with van der Waals surface area (Å²) >= 11 is 9.27. The molecule has 3 heterocycles. The second-order valence-electron chi connectivity index (χ2n) is 6.30. The van der Waals surface area contributed by atoms with E-state index in [1.54, 1.807) is 22.7 Å². The van der Waals surface area contributed by atoms with Crippen LogP contribution in [0.5, 0.6) is 0 Å². The molecule has 0 atom stereocenters. The molecule has 0 bridgehead atoms. The van der Waals surface area contributed by atoms with Crippen molar-refractivity contribution in [3.8, 4) is 0 Å². The van der Waals surface area contributed by atoms with Crippen LogP contribution in [0, 0.1) is 0 Å². The first-order valence-electron chi connectivity index (χ1n) is 8.76. The highest BCUT2D eigenvalue weighted by molar-refractivity contribution is 7.15. The average molecular weight is 406 g/mol. The molecule has 2 aromatic heterocycles. The molecule has 0 aliphatic carbocycles. The van der Waals surface area contributed by atoms with Crippen molar-refractivity contribution in [3.05, 3.63) is 50.9 Å². The quantitative estimate of drug-likeness (QED) is 0.627. The molecule has 1 saturated heterocycles. The molecular weight excluding hydrogens is 386 g/mol. The summed E-state index contributed by atoms with van der Waals surface area (Å²) in [4.78, 5) is 7.14. The Hall–Kier alpha value is -1.70.